The summed E-state index contributed by atoms with van der Waals surface area (Å²) in [6.45, 7) is 0. The highest BCUT2D eigenvalue weighted by Crippen LogP contribution is 2.30. The smallest absolute Gasteiger partial charge is 0.270 e. The number of nitrogens with zero attached hydrogens (tertiary/aromatic N) is 2. The predicted molar refractivity (Wildman–Crippen MR) is 157 cm³/mol. The van der Waals surface area contributed by atoms with E-state index in [0.29, 0.717) is 11.4 Å². The summed E-state index contributed by atoms with van der Waals surface area (Å²) >= 11 is 0. The van der Waals surface area contributed by atoms with Crippen molar-refractivity contribution >= 4 is 33.6 Å². The molecule has 0 aliphatic rings. The van der Waals surface area contributed by atoms with Crippen LogP contribution in [-0.2, 0) is 0 Å². The van der Waals surface area contributed by atoms with Crippen molar-refractivity contribution in [1.29, 1.82) is 0 Å². The van der Waals surface area contributed by atoms with Crippen LogP contribution in [0.5, 0.6) is 0 Å². The van der Waals surface area contributed by atoms with Gasteiger partial charge in [0.05, 0.1) is 23.1 Å². The van der Waals surface area contributed by atoms with Gasteiger partial charge in [0.15, 0.2) is 0 Å². The molecule has 0 fully saturated rings. The van der Waals surface area contributed by atoms with Crippen molar-refractivity contribution in [2.45, 2.75) is 12.1 Å². The van der Waals surface area contributed by atoms with Crippen molar-refractivity contribution < 1.29 is 9.59 Å². The molecule has 6 rings (SSSR count). The Kier molecular flexibility index (Phi) is 6.97. The van der Waals surface area contributed by atoms with E-state index < -0.39 is 12.1 Å². The zero-order valence-electron chi connectivity index (χ0n) is 21.6. The SMILES string of the molecule is O=C(N[C@@H](c1ccccc1)[C@@H](NC(=O)c1ccc2ccccc2n1)c1ccccc1)c1ccc2ccccc2n1. The number of carbonyl (C=O) groups is 2. The predicted octanol–water partition coefficient (Wildman–Crippen LogP) is 6.43. The van der Waals surface area contributed by atoms with Gasteiger partial charge >= 0.3 is 0 Å². The molecule has 40 heavy (non-hydrogen) atoms. The maximum absolute atomic E-state index is 13.6. The Hall–Kier alpha value is -5.36. The molecule has 0 radical (unpaired) electrons. The first kappa shape index (κ1) is 24.9. The lowest BCUT2D eigenvalue weighted by atomic mass is 9.92. The summed E-state index contributed by atoms with van der Waals surface area (Å²) in [4.78, 5) is 36.4. The van der Waals surface area contributed by atoms with Crippen molar-refractivity contribution in [3.63, 3.8) is 0 Å². The van der Waals surface area contributed by atoms with Crippen LogP contribution in [0.1, 0.15) is 44.2 Å². The first-order valence-electron chi connectivity index (χ1n) is 13.1. The van der Waals surface area contributed by atoms with Gasteiger partial charge in [-0.05, 0) is 35.4 Å². The third-order valence-electron chi connectivity index (χ3n) is 6.89. The largest absolute Gasteiger partial charge is 0.341 e. The standard InChI is InChI=1S/C34H26N4O2/c39-33(29-21-19-23-11-7-9-17-27(23)35-29)37-31(25-13-3-1-4-14-25)32(26-15-5-2-6-16-26)38-34(40)30-22-20-24-12-8-10-18-28(24)36-30/h1-22,31-32H,(H,37,39)(H,38,40)/t31-,32-/m0/s1. The minimum atomic E-state index is -0.589. The Labute approximate surface area is 231 Å². The zero-order chi connectivity index (χ0) is 27.3. The van der Waals surface area contributed by atoms with E-state index in [-0.39, 0.29) is 11.8 Å². The van der Waals surface area contributed by atoms with Crippen LogP contribution in [0.15, 0.2) is 133 Å². The molecule has 0 unspecified atom stereocenters. The van der Waals surface area contributed by atoms with E-state index in [1.54, 1.807) is 12.1 Å². The van der Waals surface area contributed by atoms with E-state index in [2.05, 4.69) is 20.6 Å². The molecule has 2 atom stereocenters. The highest BCUT2D eigenvalue weighted by Gasteiger charge is 2.29. The van der Waals surface area contributed by atoms with Gasteiger partial charge in [0.1, 0.15) is 11.4 Å². The van der Waals surface area contributed by atoms with Crippen molar-refractivity contribution in [2.75, 3.05) is 0 Å². The number of hydrogen-bond acceptors (Lipinski definition) is 4. The Balaban J connectivity index is 1.37. The Morgan fingerprint density at radius 2 is 0.825 bits per heavy atom. The summed E-state index contributed by atoms with van der Waals surface area (Å²) in [7, 11) is 0. The van der Waals surface area contributed by atoms with Crippen LogP contribution in [-0.4, -0.2) is 21.8 Å². The second-order valence-corrected chi connectivity index (χ2v) is 9.50. The van der Waals surface area contributed by atoms with E-state index >= 15 is 0 Å². The molecule has 0 aliphatic heterocycles. The molecule has 2 heterocycles. The first-order valence-corrected chi connectivity index (χ1v) is 13.1. The summed E-state index contributed by atoms with van der Waals surface area (Å²) in [5.41, 5.74) is 3.76. The molecular formula is C34H26N4O2. The summed E-state index contributed by atoms with van der Waals surface area (Å²) in [5, 5.41) is 8.23. The third-order valence-corrected chi connectivity index (χ3v) is 6.89. The fourth-order valence-corrected chi connectivity index (χ4v) is 4.85. The van der Waals surface area contributed by atoms with Gasteiger partial charge in [-0.25, -0.2) is 9.97 Å². The number of benzene rings is 4. The van der Waals surface area contributed by atoms with Crippen molar-refractivity contribution in [1.82, 2.24) is 20.6 Å². The van der Waals surface area contributed by atoms with E-state index in [9.17, 15) is 9.59 Å². The average Bonchev–Trinajstić information content (AvgIpc) is 3.02. The van der Waals surface area contributed by atoms with Crippen molar-refractivity contribution in [2.24, 2.45) is 0 Å². The minimum Gasteiger partial charge on any atom is -0.341 e. The topological polar surface area (TPSA) is 84.0 Å². The van der Waals surface area contributed by atoms with Gasteiger partial charge in [-0.2, -0.15) is 0 Å². The molecular weight excluding hydrogens is 496 g/mol. The normalized spacial score (nSPS) is 12.5. The van der Waals surface area contributed by atoms with Crippen molar-refractivity contribution in [3.05, 3.63) is 156 Å². The first-order chi connectivity index (χ1) is 19.7. The minimum absolute atomic E-state index is 0.300. The highest BCUT2D eigenvalue weighted by atomic mass is 16.2. The second kappa shape index (κ2) is 11.2. The van der Waals surface area contributed by atoms with Gasteiger partial charge in [0.2, 0.25) is 0 Å². The number of para-hydroxylation sites is 2. The van der Waals surface area contributed by atoms with Crippen LogP contribution in [0.3, 0.4) is 0 Å². The third kappa shape index (κ3) is 5.28. The van der Waals surface area contributed by atoms with Crippen LogP contribution >= 0.6 is 0 Å². The number of rotatable bonds is 7. The number of pyridine rings is 2. The lowest BCUT2D eigenvalue weighted by Crippen LogP contribution is -2.41. The van der Waals surface area contributed by atoms with E-state index in [0.717, 1.165) is 32.9 Å². The Bertz CT molecular complexity index is 1670. The quantitative estimate of drug-likeness (QED) is 0.253. The number of aromatic nitrogens is 2. The van der Waals surface area contributed by atoms with Gasteiger partial charge in [-0.3, -0.25) is 9.59 Å². The molecule has 2 amide bonds. The maximum Gasteiger partial charge on any atom is 0.270 e. The zero-order valence-corrected chi connectivity index (χ0v) is 21.6. The summed E-state index contributed by atoms with van der Waals surface area (Å²) in [6, 6.07) is 40.6. The molecule has 194 valence electrons. The lowest BCUT2D eigenvalue weighted by molar-refractivity contribution is 0.0877. The highest BCUT2D eigenvalue weighted by molar-refractivity contribution is 5.96. The fraction of sp³-hybridized carbons (Fsp3) is 0.0588. The summed E-state index contributed by atoms with van der Waals surface area (Å²) in [6.07, 6.45) is 0. The van der Waals surface area contributed by atoms with E-state index in [4.69, 9.17) is 0 Å². The molecule has 0 bridgehead atoms. The van der Waals surface area contributed by atoms with Crippen LogP contribution < -0.4 is 10.6 Å². The molecule has 6 heteroatoms. The average molecular weight is 523 g/mol. The number of hydrogen-bond donors (Lipinski definition) is 2. The number of carbonyl (C=O) groups excluding carboxylic acids is 2. The van der Waals surface area contributed by atoms with Crippen molar-refractivity contribution in [3.8, 4) is 0 Å². The molecule has 0 saturated heterocycles. The summed E-state index contributed by atoms with van der Waals surface area (Å²) in [5.74, 6) is -0.669. The van der Waals surface area contributed by atoms with E-state index in [1.165, 1.54) is 0 Å². The molecule has 0 saturated carbocycles. The number of amides is 2. The molecule has 4 aromatic carbocycles. The lowest BCUT2D eigenvalue weighted by Gasteiger charge is -2.30. The molecule has 2 aromatic heterocycles. The molecule has 0 spiro atoms. The number of fused-ring (bicyclic) bond motifs is 2. The van der Waals surface area contributed by atoms with Gasteiger partial charge in [0.25, 0.3) is 11.8 Å². The van der Waals surface area contributed by atoms with Gasteiger partial charge in [-0.1, -0.05) is 109 Å². The molecule has 6 aromatic rings. The van der Waals surface area contributed by atoms with Gasteiger partial charge in [-0.15, -0.1) is 0 Å². The van der Waals surface area contributed by atoms with E-state index in [1.807, 2.05) is 121 Å². The second-order valence-electron chi connectivity index (χ2n) is 9.50. The fourth-order valence-electron chi connectivity index (χ4n) is 4.85. The van der Waals surface area contributed by atoms with Crippen LogP contribution in [0, 0.1) is 0 Å². The number of nitrogens with one attached hydrogen (secondary N) is 2. The van der Waals surface area contributed by atoms with Gasteiger partial charge in [0, 0.05) is 10.8 Å². The Morgan fingerprint density at radius 3 is 1.25 bits per heavy atom. The molecule has 2 N–H and O–H groups in total. The van der Waals surface area contributed by atoms with Crippen LogP contribution in [0.2, 0.25) is 0 Å². The van der Waals surface area contributed by atoms with Crippen LogP contribution in [0.25, 0.3) is 21.8 Å². The maximum atomic E-state index is 13.6. The summed E-state index contributed by atoms with van der Waals surface area (Å²) < 4.78 is 0. The van der Waals surface area contributed by atoms with Gasteiger partial charge < -0.3 is 10.6 Å². The monoisotopic (exact) mass is 522 g/mol. The Morgan fingerprint density at radius 1 is 0.450 bits per heavy atom. The molecule has 6 nitrogen and oxygen atoms in total. The van der Waals surface area contributed by atoms with Crippen LogP contribution in [0.4, 0.5) is 0 Å². The molecule has 0 aliphatic carbocycles.